The molecule has 1 aliphatic carbocycles. The molecule has 1 atom stereocenters. The number of phenolic OH excluding ortho intramolecular Hbond substituents is 1. The third kappa shape index (κ3) is 22.7. The molecule has 1 aliphatic heterocycles. The number of aryl methyl sites for hydroxylation is 1. The van der Waals surface area contributed by atoms with E-state index >= 15 is 0 Å². The van der Waals surface area contributed by atoms with E-state index in [1.54, 1.807) is 26.4 Å². The van der Waals surface area contributed by atoms with Crippen molar-refractivity contribution in [1.29, 1.82) is 0 Å². The van der Waals surface area contributed by atoms with Crippen LogP contribution in [-0.2, 0) is 25.5 Å². The van der Waals surface area contributed by atoms with Crippen molar-refractivity contribution in [2.75, 3.05) is 33.9 Å². The second-order valence-corrected chi connectivity index (χ2v) is 8.83. The minimum absolute atomic E-state index is 0.0200. The monoisotopic (exact) mass is 542 g/mol. The number of hydrogen-bond donors (Lipinski definition) is 5. The molecule has 1 aromatic rings. The number of aldehydes is 1. The second kappa shape index (κ2) is 27.5. The average Bonchev–Trinajstić information content (AvgIpc) is 3.42. The fraction of sp³-hybridized carbons (Fsp3) is 0.679. The third-order valence-electron chi connectivity index (χ3n) is 5.55. The summed E-state index contributed by atoms with van der Waals surface area (Å²) in [4.78, 5) is 33.3. The Balaban J connectivity index is 0. The van der Waals surface area contributed by atoms with E-state index in [0.717, 1.165) is 25.5 Å². The van der Waals surface area contributed by atoms with E-state index in [-0.39, 0.29) is 31.5 Å². The lowest BCUT2D eigenvalue weighted by atomic mass is 10.0. The highest BCUT2D eigenvalue weighted by atomic mass is 16.5. The van der Waals surface area contributed by atoms with Gasteiger partial charge in [-0.1, -0.05) is 57.6 Å². The lowest BCUT2D eigenvalue weighted by molar-refractivity contribution is -0.134. The number of nitrogens with zero attached hydrogens (tertiary/aromatic N) is 1. The summed E-state index contributed by atoms with van der Waals surface area (Å²) in [5.41, 5.74) is 1.18. The van der Waals surface area contributed by atoms with Crippen molar-refractivity contribution in [1.82, 2.24) is 10.2 Å². The number of aromatic hydroxyl groups is 1. The molecule has 0 bridgehead atoms. The van der Waals surface area contributed by atoms with Crippen molar-refractivity contribution >= 4 is 18.6 Å². The maximum absolute atomic E-state index is 11.3. The summed E-state index contributed by atoms with van der Waals surface area (Å²) < 4.78 is 4.25. The van der Waals surface area contributed by atoms with E-state index in [4.69, 9.17) is 20.4 Å². The van der Waals surface area contributed by atoms with Crippen LogP contribution in [0, 0.1) is 0 Å². The molecular formula is C28H50N2O8. The highest BCUT2D eigenvalue weighted by Gasteiger charge is 2.27. The maximum Gasteiger partial charge on any atom is 0.242 e. The van der Waals surface area contributed by atoms with Crippen molar-refractivity contribution in [2.45, 2.75) is 89.9 Å². The standard InChI is InChI=1S/C8H12N2O3.C8H10O.C6H12.C4H10O3.C2H6O/c11-5-7-2-1-3-10(7)8(13)4-9-6-12;1-2-7-4-3-5-8(9)6-7;1-2-4-6-5-3-1;5-3-1-2-4(6)7;1-3-2/h5-7H,1-4H2,(H,9,12);3-6,9H,2H2,1H3;1-6H2;4-7H,1-3H2;1-2H3. The van der Waals surface area contributed by atoms with E-state index in [9.17, 15) is 14.4 Å². The lowest BCUT2D eigenvalue weighted by Crippen LogP contribution is -2.41. The molecule has 5 N–H and O–H groups in total. The Kier molecular flexibility index (Phi) is 27.2. The molecule has 220 valence electrons. The van der Waals surface area contributed by atoms with Crippen LogP contribution in [0.2, 0.25) is 0 Å². The first-order valence-electron chi connectivity index (χ1n) is 13.4. The normalized spacial score (nSPS) is 15.7. The number of carbonyl (C=O) groups excluding carboxylic acids is 3. The van der Waals surface area contributed by atoms with Crippen molar-refractivity contribution in [3.05, 3.63) is 29.8 Å². The van der Waals surface area contributed by atoms with Gasteiger partial charge >= 0.3 is 0 Å². The molecule has 2 aliphatic rings. The molecule has 2 fully saturated rings. The van der Waals surface area contributed by atoms with Crippen molar-refractivity contribution < 1.29 is 39.5 Å². The molecular weight excluding hydrogens is 492 g/mol. The van der Waals surface area contributed by atoms with Crippen LogP contribution < -0.4 is 5.32 Å². The van der Waals surface area contributed by atoms with Crippen LogP contribution in [-0.4, -0.2) is 90.2 Å². The zero-order chi connectivity index (χ0) is 29.0. The van der Waals surface area contributed by atoms with E-state index in [1.165, 1.54) is 49.0 Å². The molecule has 0 radical (unpaired) electrons. The van der Waals surface area contributed by atoms with Crippen LogP contribution in [0.25, 0.3) is 0 Å². The SMILES string of the molecule is C1CCCCC1.CCc1cccc(O)c1.COC.O=CNCC(=O)N1CCCC1C=O.OCCCC(O)O. The van der Waals surface area contributed by atoms with Gasteiger partial charge in [-0.25, -0.2) is 0 Å². The van der Waals surface area contributed by atoms with Crippen LogP contribution >= 0.6 is 0 Å². The number of aliphatic hydroxyl groups excluding tert-OH is 2. The molecule has 1 unspecified atom stereocenters. The fourth-order valence-corrected chi connectivity index (χ4v) is 3.59. The minimum Gasteiger partial charge on any atom is -0.508 e. The van der Waals surface area contributed by atoms with Crippen LogP contribution in [0.5, 0.6) is 5.75 Å². The van der Waals surface area contributed by atoms with Gasteiger partial charge in [0.2, 0.25) is 12.3 Å². The molecule has 1 saturated heterocycles. The van der Waals surface area contributed by atoms with Crippen molar-refractivity contribution in [3.63, 3.8) is 0 Å². The average molecular weight is 543 g/mol. The predicted molar refractivity (Wildman–Crippen MR) is 148 cm³/mol. The number of rotatable bonds is 8. The molecule has 10 heteroatoms. The van der Waals surface area contributed by atoms with Crippen LogP contribution in [0.1, 0.15) is 76.7 Å². The molecule has 2 amide bonds. The maximum atomic E-state index is 11.3. The molecule has 0 spiro atoms. The predicted octanol–water partition coefficient (Wildman–Crippen LogP) is 2.55. The Bertz CT molecular complexity index is 688. The number of likely N-dealkylation sites (tertiary alicyclic amines) is 1. The Labute approximate surface area is 228 Å². The zero-order valence-corrected chi connectivity index (χ0v) is 23.4. The zero-order valence-electron chi connectivity index (χ0n) is 23.4. The summed E-state index contributed by atoms with van der Waals surface area (Å²) in [6, 6.07) is 7.02. The Morgan fingerprint density at radius 3 is 2.05 bits per heavy atom. The van der Waals surface area contributed by atoms with E-state index in [1.807, 2.05) is 12.1 Å². The van der Waals surface area contributed by atoms with E-state index < -0.39 is 6.29 Å². The number of aliphatic hydroxyl groups is 3. The molecule has 10 nitrogen and oxygen atoms in total. The van der Waals surface area contributed by atoms with Crippen LogP contribution in [0.3, 0.4) is 0 Å². The van der Waals surface area contributed by atoms with Gasteiger partial charge in [0.25, 0.3) is 0 Å². The van der Waals surface area contributed by atoms with Gasteiger partial charge < -0.3 is 40.2 Å². The van der Waals surface area contributed by atoms with Crippen LogP contribution in [0.15, 0.2) is 24.3 Å². The van der Waals surface area contributed by atoms with Crippen molar-refractivity contribution in [2.24, 2.45) is 0 Å². The topological polar surface area (TPSA) is 157 Å². The Hall–Kier alpha value is -2.53. The highest BCUT2D eigenvalue weighted by Crippen LogP contribution is 2.15. The Morgan fingerprint density at radius 2 is 1.68 bits per heavy atom. The van der Waals surface area contributed by atoms with Gasteiger partial charge in [0, 0.05) is 33.8 Å². The molecule has 1 saturated carbocycles. The number of phenols is 1. The molecule has 1 heterocycles. The number of hydrogen-bond acceptors (Lipinski definition) is 8. The van der Waals surface area contributed by atoms with E-state index in [2.05, 4.69) is 17.0 Å². The summed E-state index contributed by atoms with van der Waals surface area (Å²) in [6.07, 6.45) is 12.3. The van der Waals surface area contributed by atoms with Gasteiger partial charge in [0.05, 0.1) is 12.6 Å². The fourth-order valence-electron chi connectivity index (χ4n) is 3.59. The quantitative estimate of drug-likeness (QED) is 0.248. The first-order chi connectivity index (χ1) is 18.3. The van der Waals surface area contributed by atoms with E-state index in [0.29, 0.717) is 25.1 Å². The number of nitrogens with one attached hydrogen (secondary N) is 1. The Morgan fingerprint density at radius 1 is 1.11 bits per heavy atom. The van der Waals surface area contributed by atoms with Gasteiger partial charge in [-0.15, -0.1) is 0 Å². The number of carbonyl (C=O) groups is 3. The lowest BCUT2D eigenvalue weighted by Gasteiger charge is -2.19. The van der Waals surface area contributed by atoms with Gasteiger partial charge in [-0.05, 0) is 43.4 Å². The van der Waals surface area contributed by atoms with Gasteiger partial charge in [0.15, 0.2) is 6.29 Å². The minimum atomic E-state index is -1.26. The largest absolute Gasteiger partial charge is 0.508 e. The first-order valence-corrected chi connectivity index (χ1v) is 13.4. The smallest absolute Gasteiger partial charge is 0.242 e. The summed E-state index contributed by atoms with van der Waals surface area (Å²) in [5, 5.41) is 35.6. The number of ether oxygens (including phenoxy) is 1. The van der Waals surface area contributed by atoms with Gasteiger partial charge in [-0.2, -0.15) is 0 Å². The second-order valence-electron chi connectivity index (χ2n) is 8.83. The summed E-state index contributed by atoms with van der Waals surface area (Å²) in [6.45, 7) is 2.68. The summed E-state index contributed by atoms with van der Waals surface area (Å²) in [5.74, 6) is 0.163. The first kappa shape index (κ1) is 37.6. The van der Waals surface area contributed by atoms with Crippen LogP contribution in [0.4, 0.5) is 0 Å². The molecule has 3 rings (SSSR count). The van der Waals surface area contributed by atoms with Gasteiger partial charge in [0.1, 0.15) is 12.0 Å². The summed E-state index contributed by atoms with van der Waals surface area (Å²) in [7, 11) is 3.25. The molecule has 38 heavy (non-hydrogen) atoms. The number of benzene rings is 1. The third-order valence-corrected chi connectivity index (χ3v) is 5.55. The molecule has 0 aromatic heterocycles. The number of amides is 2. The molecule has 1 aromatic carbocycles. The van der Waals surface area contributed by atoms with Crippen molar-refractivity contribution in [3.8, 4) is 5.75 Å². The highest BCUT2D eigenvalue weighted by molar-refractivity contribution is 5.83. The number of methoxy groups -OCH3 is 1. The summed E-state index contributed by atoms with van der Waals surface area (Å²) >= 11 is 0. The van der Waals surface area contributed by atoms with Gasteiger partial charge in [-0.3, -0.25) is 9.59 Å².